The largest absolute Gasteiger partial charge is 0.497 e. The third kappa shape index (κ3) is 6.08. The summed E-state index contributed by atoms with van der Waals surface area (Å²) in [7, 11) is 3.38. The highest BCUT2D eigenvalue weighted by molar-refractivity contribution is 6.07. The van der Waals surface area contributed by atoms with Crippen molar-refractivity contribution in [1.82, 2.24) is 0 Å². The average Bonchev–Trinajstić information content (AvgIpc) is 2.70. The highest BCUT2D eigenvalue weighted by atomic mass is 16.5. The molecular weight excluding hydrogens is 336 g/mol. The first-order valence-corrected chi connectivity index (χ1v) is 8.94. The normalized spacial score (nSPS) is 13.7. The predicted octanol–water partition coefficient (Wildman–Crippen LogP) is 4.18. The number of aliphatic imine (C=N–C) groups is 2. The van der Waals surface area contributed by atoms with Crippen LogP contribution in [-0.4, -0.2) is 31.7 Å². The van der Waals surface area contributed by atoms with Gasteiger partial charge in [-0.05, 0) is 62.4 Å². The molecular formula is C22H28N4O. The van der Waals surface area contributed by atoms with Crippen molar-refractivity contribution >= 4 is 17.2 Å². The summed E-state index contributed by atoms with van der Waals surface area (Å²) in [5.41, 5.74) is 10.3. The summed E-state index contributed by atoms with van der Waals surface area (Å²) in [5.74, 6) is 1.46. The van der Waals surface area contributed by atoms with E-state index in [9.17, 15) is 0 Å². The first-order valence-electron chi connectivity index (χ1n) is 8.94. The third-order valence-electron chi connectivity index (χ3n) is 4.27. The lowest BCUT2D eigenvalue weighted by molar-refractivity contribution is 0.415. The van der Waals surface area contributed by atoms with E-state index >= 15 is 0 Å². The number of nitrogens with zero attached hydrogens (tertiary/aromatic N) is 2. The fourth-order valence-electron chi connectivity index (χ4n) is 2.50. The van der Waals surface area contributed by atoms with Gasteiger partial charge in [-0.25, -0.2) is 4.99 Å². The van der Waals surface area contributed by atoms with Gasteiger partial charge in [0.25, 0.3) is 0 Å². The standard InChI is InChI=1S/C22H28N4O/c1-16-8-5-6-10-21(16)25-15-7-9-20(23)17(2)26-22(24-3)18-11-13-19(27-4)14-12-18/h5-8,10-15,20,25H,9,23H2,1-4H3/b15-7+,24-22?,26-17?/t20-/m0/s1. The molecule has 0 aromatic heterocycles. The maximum Gasteiger partial charge on any atom is 0.154 e. The molecule has 1 atom stereocenters. The Balaban J connectivity index is 1.96. The first kappa shape index (κ1) is 20.4. The summed E-state index contributed by atoms with van der Waals surface area (Å²) in [6.07, 6.45) is 4.63. The van der Waals surface area contributed by atoms with Crippen LogP contribution in [0.25, 0.3) is 0 Å². The number of rotatable bonds is 7. The third-order valence-corrected chi connectivity index (χ3v) is 4.27. The molecule has 0 spiro atoms. The second-order valence-electron chi connectivity index (χ2n) is 6.23. The molecule has 2 aromatic carbocycles. The number of hydrogen-bond acceptors (Lipinski definition) is 4. The summed E-state index contributed by atoms with van der Waals surface area (Å²) in [6.45, 7) is 4.01. The van der Waals surface area contributed by atoms with Gasteiger partial charge in [-0.3, -0.25) is 4.99 Å². The number of anilines is 1. The highest BCUT2D eigenvalue weighted by Gasteiger charge is 2.08. The lowest BCUT2D eigenvalue weighted by atomic mass is 10.1. The van der Waals surface area contributed by atoms with E-state index in [-0.39, 0.29) is 6.04 Å². The maximum atomic E-state index is 6.27. The second-order valence-corrected chi connectivity index (χ2v) is 6.23. The van der Waals surface area contributed by atoms with E-state index in [0.717, 1.165) is 22.7 Å². The number of amidine groups is 1. The molecule has 0 saturated carbocycles. The Morgan fingerprint density at radius 2 is 1.89 bits per heavy atom. The molecule has 0 amide bonds. The van der Waals surface area contributed by atoms with Crippen molar-refractivity contribution in [2.45, 2.75) is 26.3 Å². The molecule has 5 nitrogen and oxygen atoms in total. The number of hydrogen-bond donors (Lipinski definition) is 2. The number of ether oxygens (including phenoxy) is 1. The van der Waals surface area contributed by atoms with Crippen LogP contribution in [0.2, 0.25) is 0 Å². The smallest absolute Gasteiger partial charge is 0.154 e. The van der Waals surface area contributed by atoms with Crippen LogP contribution < -0.4 is 15.8 Å². The molecule has 0 heterocycles. The molecule has 142 valence electrons. The van der Waals surface area contributed by atoms with Crippen LogP contribution in [-0.2, 0) is 0 Å². The van der Waals surface area contributed by atoms with Crippen LogP contribution in [0.1, 0.15) is 24.5 Å². The van der Waals surface area contributed by atoms with Gasteiger partial charge >= 0.3 is 0 Å². The predicted molar refractivity (Wildman–Crippen MR) is 115 cm³/mol. The van der Waals surface area contributed by atoms with Gasteiger partial charge in [-0.1, -0.05) is 24.3 Å². The van der Waals surface area contributed by atoms with E-state index < -0.39 is 0 Å². The molecule has 3 N–H and O–H groups in total. The van der Waals surface area contributed by atoms with Gasteiger partial charge in [-0.2, -0.15) is 0 Å². The van der Waals surface area contributed by atoms with Crippen LogP contribution in [0.4, 0.5) is 5.69 Å². The minimum Gasteiger partial charge on any atom is -0.497 e. The number of benzene rings is 2. The molecule has 2 aromatic rings. The topological polar surface area (TPSA) is 72.0 Å². The average molecular weight is 364 g/mol. The van der Waals surface area contributed by atoms with Gasteiger partial charge in [0.2, 0.25) is 0 Å². The molecule has 5 heteroatoms. The Bertz CT molecular complexity index is 822. The van der Waals surface area contributed by atoms with Crippen LogP contribution in [0.3, 0.4) is 0 Å². The van der Waals surface area contributed by atoms with E-state index in [2.05, 4.69) is 28.3 Å². The lowest BCUT2D eigenvalue weighted by Crippen LogP contribution is -2.28. The molecule has 0 bridgehead atoms. The Labute approximate surface area is 161 Å². The van der Waals surface area contributed by atoms with Crippen LogP contribution >= 0.6 is 0 Å². The van der Waals surface area contributed by atoms with Crippen LogP contribution in [0, 0.1) is 6.92 Å². The fraction of sp³-hybridized carbons (Fsp3) is 0.273. The zero-order chi connectivity index (χ0) is 19.6. The minimum absolute atomic E-state index is 0.171. The van der Waals surface area contributed by atoms with E-state index in [1.54, 1.807) is 14.2 Å². The van der Waals surface area contributed by atoms with Gasteiger partial charge in [0.15, 0.2) is 5.84 Å². The summed E-state index contributed by atoms with van der Waals surface area (Å²) in [5, 5.41) is 3.28. The number of aryl methyl sites for hydroxylation is 1. The van der Waals surface area contributed by atoms with Gasteiger partial charge in [-0.15, -0.1) is 0 Å². The molecule has 0 saturated heterocycles. The van der Waals surface area contributed by atoms with Crippen molar-refractivity contribution < 1.29 is 4.74 Å². The van der Waals surface area contributed by atoms with Gasteiger partial charge in [0, 0.05) is 30.1 Å². The van der Waals surface area contributed by atoms with E-state index in [1.807, 2.05) is 61.7 Å². The van der Waals surface area contributed by atoms with Crippen molar-refractivity contribution in [3.05, 3.63) is 71.9 Å². The Kier molecular flexibility index (Phi) is 7.77. The van der Waals surface area contributed by atoms with Crippen molar-refractivity contribution in [1.29, 1.82) is 0 Å². The van der Waals surface area contributed by atoms with E-state index in [1.165, 1.54) is 5.56 Å². The quantitative estimate of drug-likeness (QED) is 0.572. The van der Waals surface area contributed by atoms with E-state index in [4.69, 9.17) is 10.5 Å². The van der Waals surface area contributed by atoms with Gasteiger partial charge in [0.1, 0.15) is 5.75 Å². The highest BCUT2D eigenvalue weighted by Crippen LogP contribution is 2.14. The van der Waals surface area contributed by atoms with Crippen LogP contribution in [0.15, 0.2) is 70.8 Å². The molecule has 0 aliphatic rings. The number of nitrogens with one attached hydrogen (secondary N) is 1. The zero-order valence-electron chi connectivity index (χ0n) is 16.4. The van der Waals surface area contributed by atoms with Crippen molar-refractivity contribution in [2.75, 3.05) is 19.5 Å². The Morgan fingerprint density at radius 3 is 2.52 bits per heavy atom. The van der Waals surface area contributed by atoms with Crippen molar-refractivity contribution in [2.24, 2.45) is 15.7 Å². The molecule has 27 heavy (non-hydrogen) atoms. The molecule has 0 fully saturated rings. The number of methoxy groups -OCH3 is 1. The van der Waals surface area contributed by atoms with Crippen molar-refractivity contribution in [3.8, 4) is 5.75 Å². The molecule has 0 aliphatic heterocycles. The molecule has 0 unspecified atom stereocenters. The molecule has 0 aliphatic carbocycles. The molecule has 2 rings (SSSR count). The SMILES string of the molecule is CN=C(N=C(C)[C@@H](N)C/C=C/Nc1ccccc1C)c1ccc(OC)cc1. The summed E-state index contributed by atoms with van der Waals surface area (Å²) >= 11 is 0. The summed E-state index contributed by atoms with van der Waals surface area (Å²) in [4.78, 5) is 8.90. The molecule has 0 radical (unpaired) electrons. The van der Waals surface area contributed by atoms with Crippen molar-refractivity contribution in [3.63, 3.8) is 0 Å². The number of para-hydroxylation sites is 1. The Hall–Kier alpha value is -2.92. The second kappa shape index (κ2) is 10.3. The lowest BCUT2D eigenvalue weighted by Gasteiger charge is -2.10. The first-order chi connectivity index (χ1) is 13.0. The van der Waals surface area contributed by atoms with E-state index in [0.29, 0.717) is 12.3 Å². The van der Waals surface area contributed by atoms with Gasteiger partial charge < -0.3 is 15.8 Å². The van der Waals surface area contributed by atoms with Crippen LogP contribution in [0.5, 0.6) is 5.75 Å². The van der Waals surface area contributed by atoms with Gasteiger partial charge in [0.05, 0.1) is 7.11 Å². The fourth-order valence-corrected chi connectivity index (χ4v) is 2.50. The zero-order valence-corrected chi connectivity index (χ0v) is 16.4. The summed E-state index contributed by atoms with van der Waals surface area (Å²) < 4.78 is 5.19. The monoisotopic (exact) mass is 364 g/mol. The Morgan fingerprint density at radius 1 is 1.19 bits per heavy atom. The maximum absolute atomic E-state index is 6.27. The summed E-state index contributed by atoms with van der Waals surface area (Å²) in [6, 6.07) is 15.7. The number of nitrogens with two attached hydrogens (primary N) is 1. The minimum atomic E-state index is -0.171.